The summed E-state index contributed by atoms with van der Waals surface area (Å²) < 4.78 is 13.5. The van der Waals surface area contributed by atoms with Gasteiger partial charge in [-0.05, 0) is 59.8 Å². The van der Waals surface area contributed by atoms with Crippen LogP contribution in [0.5, 0.6) is 0 Å². The average molecular weight is 458 g/mol. The molecule has 1 unspecified atom stereocenters. The van der Waals surface area contributed by atoms with Crippen molar-refractivity contribution < 1.29 is 14.0 Å². The minimum absolute atomic E-state index is 0.0373. The third kappa shape index (κ3) is 4.27. The molecule has 0 saturated heterocycles. The first-order valence-electron chi connectivity index (χ1n) is 10.5. The van der Waals surface area contributed by atoms with Gasteiger partial charge in [0.15, 0.2) is 5.78 Å². The van der Waals surface area contributed by atoms with E-state index < -0.39 is 11.7 Å². The quantitative estimate of drug-likeness (QED) is 0.472. The van der Waals surface area contributed by atoms with Gasteiger partial charge in [0, 0.05) is 35.4 Å². The summed E-state index contributed by atoms with van der Waals surface area (Å²) in [6.07, 6.45) is 10.1. The van der Waals surface area contributed by atoms with Crippen LogP contribution in [0.15, 0.2) is 77.5 Å². The summed E-state index contributed by atoms with van der Waals surface area (Å²) in [4.78, 5) is 31.0. The number of nitrogens with zero attached hydrogens (tertiary/aromatic N) is 1. The summed E-state index contributed by atoms with van der Waals surface area (Å²) in [5.41, 5.74) is 4.52. The molecule has 1 aliphatic heterocycles. The Balaban J connectivity index is 1.27. The number of halogens is 1. The Hall–Kier alpha value is -3.84. The van der Waals surface area contributed by atoms with Gasteiger partial charge in [0.05, 0.1) is 10.6 Å². The number of carbonyl (C=O) groups is 2. The topological polar surface area (TPSA) is 71.1 Å². The Morgan fingerprint density at radius 2 is 2.03 bits per heavy atom. The number of amides is 1. The molecule has 0 saturated carbocycles. The van der Waals surface area contributed by atoms with Crippen LogP contribution in [-0.4, -0.2) is 16.7 Å². The Kier molecular flexibility index (Phi) is 5.48. The predicted molar refractivity (Wildman–Crippen MR) is 129 cm³/mol. The van der Waals surface area contributed by atoms with Crippen molar-refractivity contribution in [3.8, 4) is 0 Å². The summed E-state index contributed by atoms with van der Waals surface area (Å²) in [6, 6.07) is 9.33. The molecule has 5 nitrogen and oxygen atoms in total. The second-order valence-corrected chi connectivity index (χ2v) is 8.92. The Labute approximate surface area is 194 Å². The van der Waals surface area contributed by atoms with Crippen LogP contribution in [0.4, 0.5) is 15.9 Å². The fourth-order valence-electron chi connectivity index (χ4n) is 3.92. The smallest absolute Gasteiger partial charge is 0.257 e. The van der Waals surface area contributed by atoms with Gasteiger partial charge in [0.1, 0.15) is 11.6 Å². The molecule has 1 amide bonds. The number of carbonyl (C=O) groups excluding carboxylic acids is 2. The number of rotatable bonds is 4. The molecule has 5 rings (SSSR count). The molecule has 0 radical (unpaired) electrons. The molecule has 7 heteroatoms. The number of pyridine rings is 1. The summed E-state index contributed by atoms with van der Waals surface area (Å²) in [7, 11) is 0. The zero-order valence-electron chi connectivity index (χ0n) is 17.8. The number of hydrogen-bond donors (Lipinski definition) is 2. The molecular weight excluding hydrogens is 437 g/mol. The van der Waals surface area contributed by atoms with E-state index in [1.54, 1.807) is 36.5 Å². The van der Waals surface area contributed by atoms with E-state index in [-0.39, 0.29) is 17.3 Å². The number of ketones is 1. The van der Waals surface area contributed by atoms with E-state index in [1.165, 1.54) is 18.3 Å². The fraction of sp³-hybridized carbons (Fsp3) is 0.115. The largest absolute Gasteiger partial charge is 0.357 e. The molecule has 164 valence electrons. The first kappa shape index (κ1) is 21.0. The van der Waals surface area contributed by atoms with Crippen molar-refractivity contribution >= 4 is 40.6 Å². The van der Waals surface area contributed by atoms with Crippen LogP contribution in [0.3, 0.4) is 0 Å². The van der Waals surface area contributed by atoms with Crippen LogP contribution >= 0.6 is 11.3 Å². The SMILES string of the molecule is Cc1ccc(F)cc1C(=O)Nc1ccc(C(=O)C2C=CC3=C(C2)Nc2ccsc2C=C3)cn1. The summed E-state index contributed by atoms with van der Waals surface area (Å²) in [6.45, 7) is 1.74. The average Bonchev–Trinajstić information content (AvgIpc) is 3.19. The van der Waals surface area contributed by atoms with Crippen LogP contribution in [0, 0.1) is 18.7 Å². The van der Waals surface area contributed by atoms with E-state index in [0.717, 1.165) is 21.8 Å². The lowest BCUT2D eigenvalue weighted by molar-refractivity contribution is 0.0943. The third-order valence-corrected chi connectivity index (χ3v) is 6.63. The van der Waals surface area contributed by atoms with Crippen LogP contribution < -0.4 is 10.6 Å². The van der Waals surface area contributed by atoms with Crippen molar-refractivity contribution in [3.63, 3.8) is 0 Å². The molecular formula is C26H20FN3O2S. The van der Waals surface area contributed by atoms with Crippen LogP contribution in [0.25, 0.3) is 6.08 Å². The zero-order chi connectivity index (χ0) is 22.9. The number of Topliss-reactive ketones (excluding diaryl/α,β-unsaturated/α-hetero) is 1. The predicted octanol–water partition coefficient (Wildman–Crippen LogP) is 5.99. The Morgan fingerprint density at radius 3 is 2.85 bits per heavy atom. The number of hydrogen-bond acceptors (Lipinski definition) is 5. The number of thiophene rings is 1. The van der Waals surface area contributed by atoms with Crippen molar-refractivity contribution in [1.29, 1.82) is 0 Å². The van der Waals surface area contributed by atoms with Gasteiger partial charge in [0.25, 0.3) is 5.91 Å². The van der Waals surface area contributed by atoms with Gasteiger partial charge < -0.3 is 10.6 Å². The third-order valence-electron chi connectivity index (χ3n) is 5.75. The molecule has 3 aromatic rings. The normalized spacial score (nSPS) is 16.5. The number of aromatic nitrogens is 1. The number of fused-ring (bicyclic) bond motifs is 1. The van der Waals surface area contributed by atoms with Gasteiger partial charge in [-0.25, -0.2) is 9.37 Å². The molecule has 1 aliphatic carbocycles. The van der Waals surface area contributed by atoms with E-state index in [0.29, 0.717) is 23.4 Å². The molecule has 0 fully saturated rings. The summed E-state index contributed by atoms with van der Waals surface area (Å²) in [5, 5.41) is 8.16. The van der Waals surface area contributed by atoms with Gasteiger partial charge in [-0.3, -0.25) is 9.59 Å². The van der Waals surface area contributed by atoms with E-state index in [1.807, 2.05) is 23.6 Å². The van der Waals surface area contributed by atoms with Gasteiger partial charge in [-0.1, -0.05) is 24.3 Å². The lowest BCUT2D eigenvalue weighted by Gasteiger charge is -2.21. The molecule has 3 heterocycles. The molecule has 2 N–H and O–H groups in total. The lowest BCUT2D eigenvalue weighted by atomic mass is 9.88. The second kappa shape index (κ2) is 8.60. The minimum Gasteiger partial charge on any atom is -0.357 e. The Bertz CT molecular complexity index is 1350. The van der Waals surface area contributed by atoms with Crippen molar-refractivity contribution in [2.45, 2.75) is 13.3 Å². The van der Waals surface area contributed by atoms with E-state index in [2.05, 4.69) is 27.8 Å². The highest BCUT2D eigenvalue weighted by Gasteiger charge is 2.25. The first-order chi connectivity index (χ1) is 16.0. The van der Waals surface area contributed by atoms with E-state index >= 15 is 0 Å². The molecule has 2 aromatic heterocycles. The number of anilines is 2. The van der Waals surface area contributed by atoms with Crippen LogP contribution in [0.1, 0.15) is 37.6 Å². The highest BCUT2D eigenvalue weighted by Crippen LogP contribution is 2.34. The maximum atomic E-state index is 13.5. The van der Waals surface area contributed by atoms with Crippen molar-refractivity contribution in [2.24, 2.45) is 5.92 Å². The number of benzene rings is 1. The Morgan fingerprint density at radius 1 is 1.15 bits per heavy atom. The molecule has 1 aromatic carbocycles. The second-order valence-electron chi connectivity index (χ2n) is 7.97. The van der Waals surface area contributed by atoms with Gasteiger partial charge in [-0.2, -0.15) is 0 Å². The molecule has 0 bridgehead atoms. The van der Waals surface area contributed by atoms with Crippen LogP contribution in [0.2, 0.25) is 0 Å². The summed E-state index contributed by atoms with van der Waals surface area (Å²) >= 11 is 1.67. The first-order valence-corrected chi connectivity index (χ1v) is 11.4. The van der Waals surface area contributed by atoms with E-state index in [4.69, 9.17) is 0 Å². The molecule has 0 spiro atoms. The van der Waals surface area contributed by atoms with E-state index in [9.17, 15) is 14.0 Å². The van der Waals surface area contributed by atoms with Crippen molar-refractivity contribution in [3.05, 3.63) is 105 Å². The number of nitrogens with one attached hydrogen (secondary N) is 2. The standard InChI is InChI=1S/C26H20FN3O2S/c1-15-2-7-19(27)13-20(15)26(32)30-24-9-6-18(14-28-24)25(31)17-4-3-16-5-8-23-21(10-11-33-23)29-22(16)12-17/h2-11,13-14,17,29H,12H2,1H3,(H,28,30,32). The van der Waals surface area contributed by atoms with Crippen LogP contribution in [-0.2, 0) is 0 Å². The highest BCUT2D eigenvalue weighted by molar-refractivity contribution is 7.11. The van der Waals surface area contributed by atoms with Gasteiger partial charge in [-0.15, -0.1) is 11.3 Å². The maximum absolute atomic E-state index is 13.5. The summed E-state index contributed by atoms with van der Waals surface area (Å²) in [5.74, 6) is -0.974. The number of aryl methyl sites for hydroxylation is 1. The van der Waals surface area contributed by atoms with Crippen molar-refractivity contribution in [2.75, 3.05) is 10.6 Å². The lowest BCUT2D eigenvalue weighted by Crippen LogP contribution is -2.19. The zero-order valence-corrected chi connectivity index (χ0v) is 18.6. The monoisotopic (exact) mass is 457 g/mol. The minimum atomic E-state index is -0.479. The van der Waals surface area contributed by atoms with Gasteiger partial charge in [0.2, 0.25) is 0 Å². The number of allylic oxidation sites excluding steroid dienone is 5. The van der Waals surface area contributed by atoms with Crippen molar-refractivity contribution in [1.82, 2.24) is 4.98 Å². The molecule has 1 atom stereocenters. The maximum Gasteiger partial charge on any atom is 0.257 e. The highest BCUT2D eigenvalue weighted by atomic mass is 32.1. The van der Waals surface area contributed by atoms with Gasteiger partial charge >= 0.3 is 0 Å². The molecule has 33 heavy (non-hydrogen) atoms. The molecule has 2 aliphatic rings. The fourth-order valence-corrected chi connectivity index (χ4v) is 4.66.